The first-order chi connectivity index (χ1) is 11.7. The number of carbonyl (C=O) groups excluding carboxylic acids is 1. The van der Waals surface area contributed by atoms with E-state index in [1.165, 1.54) is 11.0 Å². The van der Waals surface area contributed by atoms with Crippen LogP contribution in [0.3, 0.4) is 0 Å². The van der Waals surface area contributed by atoms with E-state index in [9.17, 15) is 22.8 Å². The standard InChI is InChI=1S/C16H16F3N3O3/c1-9-13(14(23)21-6-2-3-10(7-21)15(24)25)22-8-11(16(17,18)19)4-5-12(22)20-9/h4-5,8,10H,2-3,6-7H2,1H3,(H,24,25). The number of halogens is 3. The maximum Gasteiger partial charge on any atom is 0.417 e. The number of piperidine rings is 1. The van der Waals surface area contributed by atoms with Crippen molar-refractivity contribution in [1.29, 1.82) is 0 Å². The van der Waals surface area contributed by atoms with E-state index in [-0.39, 0.29) is 17.9 Å². The Hall–Kier alpha value is -2.58. The lowest BCUT2D eigenvalue weighted by Crippen LogP contribution is -2.42. The minimum atomic E-state index is -4.54. The van der Waals surface area contributed by atoms with Gasteiger partial charge >= 0.3 is 12.1 Å². The molecule has 2 aromatic heterocycles. The molecule has 1 atom stereocenters. The maximum absolute atomic E-state index is 13.0. The fourth-order valence-corrected chi connectivity index (χ4v) is 3.10. The number of imidazole rings is 1. The number of aromatic nitrogens is 2. The predicted molar refractivity (Wildman–Crippen MR) is 81.2 cm³/mol. The molecule has 2 aromatic rings. The number of aryl methyl sites for hydroxylation is 1. The number of carboxylic acid groups (broad SMARTS) is 1. The molecule has 1 aliphatic heterocycles. The first-order valence-corrected chi connectivity index (χ1v) is 7.76. The number of alkyl halides is 3. The Morgan fingerprint density at radius 1 is 1.32 bits per heavy atom. The van der Waals surface area contributed by atoms with Crippen LogP contribution in [0.15, 0.2) is 18.3 Å². The lowest BCUT2D eigenvalue weighted by atomic mass is 9.98. The van der Waals surface area contributed by atoms with Crippen molar-refractivity contribution in [1.82, 2.24) is 14.3 Å². The molecule has 0 aliphatic carbocycles. The Morgan fingerprint density at radius 3 is 2.68 bits per heavy atom. The molecule has 3 heterocycles. The summed E-state index contributed by atoms with van der Waals surface area (Å²) < 4.78 is 40.0. The Bertz CT molecular complexity index is 844. The maximum atomic E-state index is 13.0. The van der Waals surface area contributed by atoms with Gasteiger partial charge in [0, 0.05) is 19.3 Å². The van der Waals surface area contributed by atoms with E-state index < -0.39 is 29.5 Å². The molecule has 0 aromatic carbocycles. The van der Waals surface area contributed by atoms with Gasteiger partial charge in [0.15, 0.2) is 0 Å². The van der Waals surface area contributed by atoms with Gasteiger partial charge in [0.1, 0.15) is 11.3 Å². The molecule has 1 N–H and O–H groups in total. The molecule has 0 radical (unpaired) electrons. The Kier molecular flexibility index (Phi) is 4.18. The normalized spacial score (nSPS) is 18.6. The van der Waals surface area contributed by atoms with E-state index in [0.717, 1.165) is 16.7 Å². The number of carbonyl (C=O) groups is 2. The molecule has 1 fully saturated rings. The number of likely N-dealkylation sites (tertiary alicyclic amines) is 1. The van der Waals surface area contributed by atoms with Crippen LogP contribution < -0.4 is 0 Å². The highest BCUT2D eigenvalue weighted by Crippen LogP contribution is 2.30. The van der Waals surface area contributed by atoms with Crippen LogP contribution in [0.2, 0.25) is 0 Å². The zero-order chi connectivity index (χ0) is 18.4. The molecule has 1 unspecified atom stereocenters. The second kappa shape index (κ2) is 6.05. The van der Waals surface area contributed by atoms with Gasteiger partial charge in [-0.3, -0.25) is 14.0 Å². The van der Waals surface area contributed by atoms with Crippen LogP contribution in [-0.4, -0.2) is 44.4 Å². The fourth-order valence-electron chi connectivity index (χ4n) is 3.10. The largest absolute Gasteiger partial charge is 0.481 e. The van der Waals surface area contributed by atoms with Crippen molar-refractivity contribution in [2.24, 2.45) is 5.92 Å². The zero-order valence-corrected chi connectivity index (χ0v) is 13.4. The number of aliphatic carboxylic acids is 1. The molecule has 1 amide bonds. The number of carboxylic acids is 1. The van der Waals surface area contributed by atoms with Gasteiger partial charge in [-0.2, -0.15) is 13.2 Å². The SMILES string of the molecule is Cc1nc2ccc(C(F)(F)F)cn2c1C(=O)N1CCCC(C(=O)O)C1. The third kappa shape index (κ3) is 3.18. The van der Waals surface area contributed by atoms with Gasteiger partial charge in [-0.05, 0) is 31.9 Å². The lowest BCUT2D eigenvalue weighted by Gasteiger charge is -2.30. The predicted octanol–water partition coefficient (Wildman–Crippen LogP) is 2.60. The van der Waals surface area contributed by atoms with Crippen LogP contribution in [0.5, 0.6) is 0 Å². The summed E-state index contributed by atoms with van der Waals surface area (Å²) in [7, 11) is 0. The fraction of sp³-hybridized carbons (Fsp3) is 0.438. The Balaban J connectivity index is 2.01. The summed E-state index contributed by atoms with van der Waals surface area (Å²) in [5.74, 6) is -2.15. The average molecular weight is 355 g/mol. The number of hydrogen-bond acceptors (Lipinski definition) is 3. The first-order valence-electron chi connectivity index (χ1n) is 7.76. The van der Waals surface area contributed by atoms with Crippen molar-refractivity contribution in [2.75, 3.05) is 13.1 Å². The van der Waals surface area contributed by atoms with Crippen molar-refractivity contribution in [2.45, 2.75) is 25.9 Å². The second-order valence-electron chi connectivity index (χ2n) is 6.12. The monoisotopic (exact) mass is 355 g/mol. The first kappa shape index (κ1) is 17.2. The number of rotatable bonds is 2. The third-order valence-electron chi connectivity index (χ3n) is 4.38. The third-order valence-corrected chi connectivity index (χ3v) is 4.38. The lowest BCUT2D eigenvalue weighted by molar-refractivity contribution is -0.143. The summed E-state index contributed by atoms with van der Waals surface area (Å²) >= 11 is 0. The van der Waals surface area contributed by atoms with Crippen molar-refractivity contribution >= 4 is 17.5 Å². The van der Waals surface area contributed by atoms with Crippen LogP contribution >= 0.6 is 0 Å². The topological polar surface area (TPSA) is 74.9 Å². The second-order valence-corrected chi connectivity index (χ2v) is 6.12. The number of nitrogens with zero attached hydrogens (tertiary/aromatic N) is 3. The summed E-state index contributed by atoms with van der Waals surface area (Å²) in [6.07, 6.45) is -2.68. The molecular weight excluding hydrogens is 339 g/mol. The van der Waals surface area contributed by atoms with E-state index in [4.69, 9.17) is 5.11 Å². The van der Waals surface area contributed by atoms with Crippen molar-refractivity contribution in [3.05, 3.63) is 35.3 Å². The van der Waals surface area contributed by atoms with Crippen LogP contribution in [0, 0.1) is 12.8 Å². The molecular formula is C16H16F3N3O3. The van der Waals surface area contributed by atoms with Gasteiger partial charge in [0.2, 0.25) is 0 Å². The minimum Gasteiger partial charge on any atom is -0.481 e. The molecule has 9 heteroatoms. The van der Waals surface area contributed by atoms with Gasteiger partial charge < -0.3 is 10.0 Å². The van der Waals surface area contributed by atoms with Gasteiger partial charge in [-0.25, -0.2) is 4.98 Å². The average Bonchev–Trinajstić information content (AvgIpc) is 2.88. The number of pyridine rings is 1. The molecule has 134 valence electrons. The van der Waals surface area contributed by atoms with Crippen LogP contribution in [-0.2, 0) is 11.0 Å². The number of fused-ring (bicyclic) bond motifs is 1. The molecule has 1 saturated heterocycles. The summed E-state index contributed by atoms with van der Waals surface area (Å²) in [6, 6.07) is 2.13. The van der Waals surface area contributed by atoms with E-state index in [1.807, 2.05) is 0 Å². The van der Waals surface area contributed by atoms with Gasteiger partial charge in [0.05, 0.1) is 17.2 Å². The van der Waals surface area contributed by atoms with E-state index >= 15 is 0 Å². The van der Waals surface area contributed by atoms with Crippen LogP contribution in [0.25, 0.3) is 5.65 Å². The van der Waals surface area contributed by atoms with E-state index in [1.54, 1.807) is 6.92 Å². The quantitative estimate of drug-likeness (QED) is 0.899. The van der Waals surface area contributed by atoms with Crippen LogP contribution in [0.4, 0.5) is 13.2 Å². The van der Waals surface area contributed by atoms with Gasteiger partial charge in [-0.1, -0.05) is 0 Å². The summed E-state index contributed by atoms with van der Waals surface area (Å²) in [6.45, 7) is 1.96. The van der Waals surface area contributed by atoms with E-state index in [0.29, 0.717) is 25.1 Å². The summed E-state index contributed by atoms with van der Waals surface area (Å²) in [5, 5.41) is 9.14. The molecule has 1 aliphatic rings. The van der Waals surface area contributed by atoms with Gasteiger partial charge in [0.25, 0.3) is 5.91 Å². The molecule has 3 rings (SSSR count). The highest BCUT2D eigenvalue weighted by Gasteiger charge is 2.33. The van der Waals surface area contributed by atoms with Gasteiger partial charge in [-0.15, -0.1) is 0 Å². The molecule has 0 spiro atoms. The highest BCUT2D eigenvalue weighted by atomic mass is 19.4. The van der Waals surface area contributed by atoms with Crippen molar-refractivity contribution in [3.8, 4) is 0 Å². The van der Waals surface area contributed by atoms with E-state index in [2.05, 4.69) is 4.98 Å². The summed E-state index contributed by atoms with van der Waals surface area (Å²) in [5.41, 5.74) is -0.303. The minimum absolute atomic E-state index is 0.0344. The number of hydrogen-bond donors (Lipinski definition) is 1. The molecule has 0 bridgehead atoms. The Labute approximate surface area is 140 Å². The summed E-state index contributed by atoms with van der Waals surface area (Å²) in [4.78, 5) is 29.5. The smallest absolute Gasteiger partial charge is 0.417 e. The molecule has 25 heavy (non-hydrogen) atoms. The molecule has 0 saturated carbocycles. The molecule has 6 nitrogen and oxygen atoms in total. The van der Waals surface area contributed by atoms with Crippen LogP contribution in [0.1, 0.15) is 34.6 Å². The number of amides is 1. The Morgan fingerprint density at radius 2 is 2.04 bits per heavy atom. The van der Waals surface area contributed by atoms with Crippen molar-refractivity contribution < 1.29 is 27.9 Å². The van der Waals surface area contributed by atoms with Crippen molar-refractivity contribution in [3.63, 3.8) is 0 Å². The zero-order valence-electron chi connectivity index (χ0n) is 13.4. The highest BCUT2D eigenvalue weighted by molar-refractivity contribution is 5.95.